The van der Waals surface area contributed by atoms with Crippen LogP contribution in [0.2, 0.25) is 5.02 Å². The molecule has 3 aromatic carbocycles. The highest BCUT2D eigenvalue weighted by atomic mass is 35.5. The van der Waals surface area contributed by atoms with Gasteiger partial charge in [-0.15, -0.1) is 0 Å². The third-order valence-electron chi connectivity index (χ3n) is 6.67. The molecule has 2 aliphatic rings. The summed E-state index contributed by atoms with van der Waals surface area (Å²) in [5.41, 5.74) is 2.27. The summed E-state index contributed by atoms with van der Waals surface area (Å²) in [4.78, 5) is 43.1. The SMILES string of the molecule is CC(=O)c1ccc(N2CCN(C(=S)SC3CC(=O)N(c4ccc(Oc5ccc(Cl)cc5)cc4)C3=O)CC2)cc1. The van der Waals surface area contributed by atoms with Crippen molar-refractivity contribution >= 4 is 68.9 Å². The quantitative estimate of drug-likeness (QED) is 0.206. The predicted molar refractivity (Wildman–Crippen MR) is 159 cm³/mol. The van der Waals surface area contributed by atoms with Gasteiger partial charge in [0.1, 0.15) is 21.1 Å². The summed E-state index contributed by atoms with van der Waals surface area (Å²) in [6.45, 7) is 4.54. The molecule has 0 aliphatic carbocycles. The molecule has 0 aromatic heterocycles. The number of carbonyl (C=O) groups excluding carboxylic acids is 3. The minimum Gasteiger partial charge on any atom is -0.457 e. The predicted octanol–water partition coefficient (Wildman–Crippen LogP) is 5.81. The summed E-state index contributed by atoms with van der Waals surface area (Å²) in [5.74, 6) is 0.763. The van der Waals surface area contributed by atoms with Crippen LogP contribution in [0, 0.1) is 0 Å². The van der Waals surface area contributed by atoms with Crippen LogP contribution >= 0.6 is 35.6 Å². The molecular weight excluding hydrogens is 554 g/mol. The van der Waals surface area contributed by atoms with E-state index in [0.29, 0.717) is 45.2 Å². The number of imide groups is 1. The van der Waals surface area contributed by atoms with Crippen molar-refractivity contribution in [3.63, 3.8) is 0 Å². The molecule has 0 radical (unpaired) electrons. The molecule has 1 atom stereocenters. The minimum absolute atomic E-state index is 0.0486. The molecule has 7 nitrogen and oxygen atoms in total. The van der Waals surface area contributed by atoms with Crippen molar-refractivity contribution in [1.82, 2.24) is 4.90 Å². The second-order valence-corrected chi connectivity index (χ2v) is 11.5. The molecule has 1 unspecified atom stereocenters. The number of nitrogens with zero attached hydrogens (tertiary/aromatic N) is 3. The van der Waals surface area contributed by atoms with E-state index in [-0.39, 0.29) is 24.0 Å². The zero-order chi connectivity index (χ0) is 27.5. The maximum absolute atomic E-state index is 13.2. The number of piperazine rings is 1. The summed E-state index contributed by atoms with van der Waals surface area (Å²) >= 11 is 12.9. The number of Topliss-reactive ketones (excluding diaryl/α,β-unsaturated/α-hetero) is 1. The van der Waals surface area contributed by atoms with Crippen LogP contribution in [0.25, 0.3) is 0 Å². The number of ether oxygens (including phenoxy) is 1. The second kappa shape index (κ2) is 11.8. The molecule has 2 heterocycles. The molecule has 5 rings (SSSR count). The molecule has 10 heteroatoms. The number of thioether (sulfide) groups is 1. The Morgan fingerprint density at radius 3 is 2.03 bits per heavy atom. The number of rotatable bonds is 6. The molecule has 3 aromatic rings. The summed E-state index contributed by atoms with van der Waals surface area (Å²) in [7, 11) is 0. The van der Waals surface area contributed by atoms with Gasteiger partial charge in [-0.25, -0.2) is 4.90 Å². The molecular formula is C29H26ClN3O4S2. The van der Waals surface area contributed by atoms with E-state index in [1.165, 1.54) is 16.7 Å². The number of benzene rings is 3. The van der Waals surface area contributed by atoms with Crippen molar-refractivity contribution in [2.45, 2.75) is 18.6 Å². The van der Waals surface area contributed by atoms with Gasteiger partial charge in [-0.3, -0.25) is 14.4 Å². The summed E-state index contributed by atoms with van der Waals surface area (Å²) < 4.78 is 6.43. The number of halogens is 1. The molecule has 2 aliphatic heterocycles. The van der Waals surface area contributed by atoms with Gasteiger partial charge in [-0.2, -0.15) is 0 Å². The number of hydrogen-bond acceptors (Lipinski definition) is 7. The van der Waals surface area contributed by atoms with Crippen LogP contribution in [0.1, 0.15) is 23.7 Å². The van der Waals surface area contributed by atoms with Crippen molar-refractivity contribution in [2.24, 2.45) is 0 Å². The minimum atomic E-state index is -0.549. The zero-order valence-electron chi connectivity index (χ0n) is 21.2. The third kappa shape index (κ3) is 6.27. The lowest BCUT2D eigenvalue weighted by Gasteiger charge is -2.37. The van der Waals surface area contributed by atoms with E-state index in [1.807, 2.05) is 24.3 Å². The lowest BCUT2D eigenvalue weighted by Crippen LogP contribution is -2.48. The van der Waals surface area contributed by atoms with Crippen LogP contribution in [0.3, 0.4) is 0 Å². The number of anilines is 2. The molecule has 39 heavy (non-hydrogen) atoms. The van der Waals surface area contributed by atoms with Gasteiger partial charge in [-0.05, 0) is 79.7 Å². The Morgan fingerprint density at radius 2 is 1.44 bits per heavy atom. The first-order valence-electron chi connectivity index (χ1n) is 12.5. The van der Waals surface area contributed by atoms with Crippen LogP contribution in [-0.2, 0) is 9.59 Å². The monoisotopic (exact) mass is 579 g/mol. The first-order valence-corrected chi connectivity index (χ1v) is 14.2. The van der Waals surface area contributed by atoms with E-state index in [4.69, 9.17) is 28.6 Å². The lowest BCUT2D eigenvalue weighted by molar-refractivity contribution is -0.121. The summed E-state index contributed by atoms with van der Waals surface area (Å²) in [5, 5.41) is 0.0716. The molecule has 0 saturated carbocycles. The van der Waals surface area contributed by atoms with Gasteiger partial charge in [-0.1, -0.05) is 35.6 Å². The van der Waals surface area contributed by atoms with Gasteiger partial charge >= 0.3 is 0 Å². The van der Waals surface area contributed by atoms with Crippen molar-refractivity contribution in [2.75, 3.05) is 36.0 Å². The first-order chi connectivity index (χ1) is 18.8. The van der Waals surface area contributed by atoms with Crippen molar-refractivity contribution in [3.8, 4) is 11.5 Å². The van der Waals surface area contributed by atoms with Crippen molar-refractivity contribution in [1.29, 1.82) is 0 Å². The Bertz CT molecular complexity index is 1390. The smallest absolute Gasteiger partial charge is 0.247 e. The van der Waals surface area contributed by atoms with Crippen LogP contribution in [0.15, 0.2) is 72.8 Å². The summed E-state index contributed by atoms with van der Waals surface area (Å²) in [6.07, 6.45) is 0.106. The summed E-state index contributed by atoms with van der Waals surface area (Å²) in [6, 6.07) is 21.5. The topological polar surface area (TPSA) is 70.2 Å². The van der Waals surface area contributed by atoms with Gasteiger partial charge < -0.3 is 14.5 Å². The number of carbonyl (C=O) groups is 3. The number of amides is 2. The normalized spacial score (nSPS) is 17.5. The van der Waals surface area contributed by atoms with E-state index in [1.54, 1.807) is 55.5 Å². The van der Waals surface area contributed by atoms with E-state index < -0.39 is 5.25 Å². The van der Waals surface area contributed by atoms with E-state index in [0.717, 1.165) is 18.8 Å². The second-order valence-electron chi connectivity index (χ2n) is 9.27. The van der Waals surface area contributed by atoms with E-state index in [9.17, 15) is 14.4 Å². The van der Waals surface area contributed by atoms with Crippen molar-refractivity contribution in [3.05, 3.63) is 83.4 Å². The highest BCUT2D eigenvalue weighted by Gasteiger charge is 2.41. The van der Waals surface area contributed by atoms with Gasteiger partial charge in [0, 0.05) is 48.9 Å². The molecule has 0 bridgehead atoms. The van der Waals surface area contributed by atoms with Crippen LogP contribution in [-0.4, -0.2) is 58.2 Å². The number of thiocarbonyl (C=S) groups is 1. The first kappa shape index (κ1) is 27.2. The maximum Gasteiger partial charge on any atom is 0.247 e. The van der Waals surface area contributed by atoms with Crippen LogP contribution in [0.4, 0.5) is 11.4 Å². The Morgan fingerprint density at radius 1 is 0.872 bits per heavy atom. The number of ketones is 1. The van der Waals surface area contributed by atoms with Gasteiger partial charge in [0.15, 0.2) is 5.78 Å². The van der Waals surface area contributed by atoms with Crippen LogP contribution < -0.4 is 14.5 Å². The highest BCUT2D eigenvalue weighted by Crippen LogP contribution is 2.33. The molecule has 200 valence electrons. The third-order valence-corrected chi connectivity index (χ3v) is 8.58. The Kier molecular flexibility index (Phi) is 8.20. The largest absolute Gasteiger partial charge is 0.457 e. The molecule has 0 N–H and O–H groups in total. The molecule has 2 fully saturated rings. The molecule has 2 amide bonds. The van der Waals surface area contributed by atoms with Crippen molar-refractivity contribution < 1.29 is 19.1 Å². The van der Waals surface area contributed by atoms with E-state index in [2.05, 4.69) is 9.80 Å². The Hall–Kier alpha value is -3.40. The fourth-order valence-corrected chi connectivity index (χ4v) is 6.18. The average molecular weight is 580 g/mol. The van der Waals surface area contributed by atoms with E-state index >= 15 is 0 Å². The van der Waals surface area contributed by atoms with Gasteiger partial charge in [0.25, 0.3) is 0 Å². The van der Waals surface area contributed by atoms with Gasteiger partial charge in [0.05, 0.1) is 5.69 Å². The molecule has 2 saturated heterocycles. The fraction of sp³-hybridized carbons (Fsp3) is 0.241. The van der Waals surface area contributed by atoms with Gasteiger partial charge in [0.2, 0.25) is 11.8 Å². The Balaban J connectivity index is 1.15. The molecule has 0 spiro atoms. The number of hydrogen-bond donors (Lipinski definition) is 0. The lowest BCUT2D eigenvalue weighted by atomic mass is 10.1. The highest BCUT2D eigenvalue weighted by molar-refractivity contribution is 8.23. The zero-order valence-corrected chi connectivity index (χ0v) is 23.6. The Labute approximate surface area is 241 Å². The maximum atomic E-state index is 13.2. The standard InChI is InChI=1S/C29H26ClN3O4S2/c1-19(34)20-2-6-22(7-3-20)31-14-16-32(17-15-31)29(38)39-26-18-27(35)33(28(26)36)23-8-12-25(13-9-23)37-24-10-4-21(30)5-11-24/h2-13,26H,14-18H2,1H3. The van der Waals surface area contributed by atoms with Crippen LogP contribution in [0.5, 0.6) is 11.5 Å². The average Bonchev–Trinajstić information content (AvgIpc) is 3.22. The fourth-order valence-electron chi connectivity index (χ4n) is 4.52.